The summed E-state index contributed by atoms with van der Waals surface area (Å²) in [6, 6.07) is 10.1. The van der Waals surface area contributed by atoms with E-state index in [4.69, 9.17) is 4.74 Å². The van der Waals surface area contributed by atoms with Crippen molar-refractivity contribution in [3.8, 4) is 0 Å². The van der Waals surface area contributed by atoms with Crippen LogP contribution in [0.25, 0.3) is 0 Å². The quantitative estimate of drug-likeness (QED) is 0.631. The average Bonchev–Trinajstić information content (AvgIpc) is 3.25. The Morgan fingerprint density at radius 3 is 2.46 bits per heavy atom. The largest absolute Gasteiger partial charge is 0.365 e. The topological polar surface area (TPSA) is 46.6 Å². The zero-order valence-electron chi connectivity index (χ0n) is 13.7. The van der Waals surface area contributed by atoms with Crippen molar-refractivity contribution in [3.05, 3.63) is 48.0 Å². The first-order chi connectivity index (χ1) is 11.8. The van der Waals surface area contributed by atoms with Crippen LogP contribution >= 0.6 is 0 Å². The van der Waals surface area contributed by atoms with Crippen LogP contribution in [0.3, 0.4) is 0 Å². The predicted octanol–water partition coefficient (Wildman–Crippen LogP) is 3.04. The molecule has 4 atom stereocenters. The molecule has 1 aromatic rings. The standard InChI is InChI=1S/C20H23NO3/c22-13-21(15-9-5-2-6-10-15)20(23)19-17-12-11-16(24-17)18(19)14-7-3-1-4-8-14/h1,3-4,7-8,11-13,15-19H,2,5-6,9-10H2. The molecule has 24 heavy (non-hydrogen) atoms. The summed E-state index contributed by atoms with van der Waals surface area (Å²) in [5.41, 5.74) is 1.11. The number of carbonyl (C=O) groups is 2. The van der Waals surface area contributed by atoms with Crippen LogP contribution < -0.4 is 0 Å². The van der Waals surface area contributed by atoms with Gasteiger partial charge >= 0.3 is 0 Å². The van der Waals surface area contributed by atoms with Crippen LogP contribution in [0.15, 0.2) is 42.5 Å². The van der Waals surface area contributed by atoms with Crippen molar-refractivity contribution in [2.45, 2.75) is 56.3 Å². The molecule has 2 fully saturated rings. The molecule has 1 aliphatic carbocycles. The number of nitrogens with zero attached hydrogens (tertiary/aromatic N) is 1. The van der Waals surface area contributed by atoms with Gasteiger partial charge in [-0.2, -0.15) is 0 Å². The predicted molar refractivity (Wildman–Crippen MR) is 90.3 cm³/mol. The van der Waals surface area contributed by atoms with Crippen molar-refractivity contribution < 1.29 is 14.3 Å². The minimum Gasteiger partial charge on any atom is -0.365 e. The Morgan fingerprint density at radius 1 is 1.04 bits per heavy atom. The van der Waals surface area contributed by atoms with E-state index in [1.165, 1.54) is 11.3 Å². The Kier molecular flexibility index (Phi) is 4.23. The van der Waals surface area contributed by atoms with Gasteiger partial charge in [-0.25, -0.2) is 0 Å². The molecule has 4 nitrogen and oxygen atoms in total. The van der Waals surface area contributed by atoms with Crippen molar-refractivity contribution in [2.24, 2.45) is 5.92 Å². The first kappa shape index (κ1) is 15.6. The highest BCUT2D eigenvalue weighted by molar-refractivity contribution is 5.90. The minimum absolute atomic E-state index is 0.000240. The van der Waals surface area contributed by atoms with Crippen LogP contribution in [0, 0.1) is 5.92 Å². The lowest BCUT2D eigenvalue weighted by Crippen LogP contribution is -2.47. The second-order valence-corrected chi connectivity index (χ2v) is 7.06. The van der Waals surface area contributed by atoms with Crippen molar-refractivity contribution in [2.75, 3.05) is 0 Å². The van der Waals surface area contributed by atoms with Gasteiger partial charge in [0.1, 0.15) is 0 Å². The van der Waals surface area contributed by atoms with E-state index >= 15 is 0 Å². The van der Waals surface area contributed by atoms with Crippen LogP contribution in [0.1, 0.15) is 43.6 Å². The van der Waals surface area contributed by atoms with E-state index in [2.05, 4.69) is 18.2 Å². The van der Waals surface area contributed by atoms with Gasteiger partial charge in [0, 0.05) is 12.0 Å². The van der Waals surface area contributed by atoms with Crippen LogP contribution in [-0.2, 0) is 14.3 Å². The molecule has 2 aliphatic heterocycles. The fourth-order valence-corrected chi connectivity index (χ4v) is 4.52. The van der Waals surface area contributed by atoms with Gasteiger partial charge in [-0.3, -0.25) is 14.5 Å². The molecule has 126 valence electrons. The highest BCUT2D eigenvalue weighted by Gasteiger charge is 2.51. The summed E-state index contributed by atoms with van der Waals surface area (Å²) in [6.45, 7) is 0. The fraction of sp³-hybridized carbons (Fsp3) is 0.500. The number of amides is 2. The molecule has 4 unspecified atom stereocenters. The molecule has 2 heterocycles. The molecule has 4 rings (SSSR count). The Labute approximate surface area is 142 Å². The third-order valence-electron chi connectivity index (χ3n) is 5.71. The maximum Gasteiger partial charge on any atom is 0.236 e. The molecule has 1 saturated heterocycles. The van der Waals surface area contributed by atoms with E-state index in [9.17, 15) is 9.59 Å². The van der Waals surface area contributed by atoms with Crippen molar-refractivity contribution in [3.63, 3.8) is 0 Å². The van der Waals surface area contributed by atoms with Gasteiger partial charge in [-0.05, 0) is 18.4 Å². The Balaban J connectivity index is 1.61. The molecule has 0 N–H and O–H groups in total. The van der Waals surface area contributed by atoms with E-state index in [-0.39, 0.29) is 36.0 Å². The maximum absolute atomic E-state index is 13.2. The van der Waals surface area contributed by atoms with E-state index in [0.29, 0.717) is 0 Å². The second kappa shape index (κ2) is 6.52. The van der Waals surface area contributed by atoms with Gasteiger partial charge in [0.2, 0.25) is 12.3 Å². The van der Waals surface area contributed by atoms with Gasteiger partial charge in [-0.1, -0.05) is 61.7 Å². The first-order valence-corrected chi connectivity index (χ1v) is 8.96. The smallest absolute Gasteiger partial charge is 0.236 e. The van der Waals surface area contributed by atoms with Gasteiger partial charge in [0.25, 0.3) is 0 Å². The number of ether oxygens (including phenoxy) is 1. The average molecular weight is 325 g/mol. The van der Waals surface area contributed by atoms with Crippen molar-refractivity contribution >= 4 is 12.3 Å². The molecule has 0 spiro atoms. The molecular weight excluding hydrogens is 302 g/mol. The van der Waals surface area contributed by atoms with Crippen LogP contribution in [0.2, 0.25) is 0 Å². The molecule has 1 saturated carbocycles. The third-order valence-corrected chi connectivity index (χ3v) is 5.71. The Bertz CT molecular complexity index is 636. The minimum atomic E-state index is -0.297. The number of hydrogen-bond acceptors (Lipinski definition) is 3. The highest BCUT2D eigenvalue weighted by Crippen LogP contribution is 2.46. The zero-order valence-corrected chi connectivity index (χ0v) is 13.7. The van der Waals surface area contributed by atoms with Crippen LogP contribution in [0.4, 0.5) is 0 Å². The van der Waals surface area contributed by atoms with Gasteiger partial charge in [-0.15, -0.1) is 0 Å². The van der Waals surface area contributed by atoms with Gasteiger partial charge in [0.15, 0.2) is 0 Å². The number of carbonyl (C=O) groups excluding carboxylic acids is 2. The Hall–Kier alpha value is -1.94. The highest BCUT2D eigenvalue weighted by atomic mass is 16.5. The third kappa shape index (κ3) is 2.59. The van der Waals surface area contributed by atoms with E-state index in [1.54, 1.807) is 0 Å². The van der Waals surface area contributed by atoms with Crippen LogP contribution in [-0.4, -0.2) is 35.5 Å². The summed E-state index contributed by atoms with van der Waals surface area (Å²) in [6.07, 6.45) is 9.75. The molecule has 0 radical (unpaired) electrons. The zero-order chi connectivity index (χ0) is 16.5. The molecule has 1 aromatic carbocycles. The van der Waals surface area contributed by atoms with E-state index in [1.807, 2.05) is 24.3 Å². The maximum atomic E-state index is 13.2. The summed E-state index contributed by atoms with van der Waals surface area (Å²) in [5, 5.41) is 0. The van der Waals surface area contributed by atoms with Crippen LogP contribution in [0.5, 0.6) is 0 Å². The number of benzene rings is 1. The monoisotopic (exact) mass is 325 g/mol. The summed E-state index contributed by atoms with van der Waals surface area (Å²) in [4.78, 5) is 26.4. The summed E-state index contributed by atoms with van der Waals surface area (Å²) >= 11 is 0. The summed E-state index contributed by atoms with van der Waals surface area (Å²) in [7, 11) is 0. The van der Waals surface area contributed by atoms with Gasteiger partial charge in [0.05, 0.1) is 18.1 Å². The summed E-state index contributed by atoms with van der Waals surface area (Å²) in [5.74, 6) is -0.364. The number of imide groups is 1. The lowest BCUT2D eigenvalue weighted by Gasteiger charge is -2.34. The molecule has 4 heteroatoms. The molecule has 2 bridgehead atoms. The SMILES string of the molecule is O=CN(C(=O)C1C2C=CC(O2)C1c1ccccc1)C1CCCCC1. The molecular formula is C20H23NO3. The van der Waals surface area contributed by atoms with E-state index < -0.39 is 0 Å². The Morgan fingerprint density at radius 2 is 1.75 bits per heavy atom. The molecule has 0 aromatic heterocycles. The van der Waals surface area contributed by atoms with Crippen molar-refractivity contribution in [1.29, 1.82) is 0 Å². The van der Waals surface area contributed by atoms with E-state index in [0.717, 1.165) is 37.7 Å². The molecule has 2 amide bonds. The second-order valence-electron chi connectivity index (χ2n) is 7.06. The van der Waals surface area contributed by atoms with Crippen molar-refractivity contribution in [1.82, 2.24) is 4.90 Å². The number of rotatable bonds is 4. The fourth-order valence-electron chi connectivity index (χ4n) is 4.52. The summed E-state index contributed by atoms with van der Waals surface area (Å²) < 4.78 is 5.98. The molecule has 3 aliphatic rings. The number of fused-ring (bicyclic) bond motifs is 2. The normalized spacial score (nSPS) is 32.0. The number of hydrogen-bond donors (Lipinski definition) is 0. The first-order valence-electron chi connectivity index (χ1n) is 8.96. The van der Waals surface area contributed by atoms with Gasteiger partial charge < -0.3 is 4.74 Å². The lowest BCUT2D eigenvalue weighted by atomic mass is 9.77. The lowest BCUT2D eigenvalue weighted by molar-refractivity contribution is -0.145.